The minimum Gasteiger partial charge on any atom is -0.395 e. The molecule has 7 heteroatoms. The fourth-order valence-electron chi connectivity index (χ4n) is 2.30. The van der Waals surface area contributed by atoms with E-state index in [1.54, 1.807) is 0 Å². The maximum absolute atomic E-state index is 9.61. The van der Waals surface area contributed by atoms with Gasteiger partial charge in [-0.2, -0.15) is 0 Å². The summed E-state index contributed by atoms with van der Waals surface area (Å²) in [4.78, 5) is 0. The number of ether oxygens (including phenoxy) is 1. The lowest BCUT2D eigenvalue weighted by molar-refractivity contribution is -0.0246. The zero-order valence-corrected chi connectivity index (χ0v) is 14.5. The largest absolute Gasteiger partial charge is 0.395 e. The molecule has 0 aromatic heterocycles. The number of hydrogen-bond acceptors (Lipinski definition) is 7. The zero-order valence-electron chi connectivity index (χ0n) is 14.5. The number of rotatable bonds is 11. The molecule has 0 aliphatic heterocycles. The molecule has 0 atom stereocenters. The first kappa shape index (κ1) is 21.7. The molecule has 0 unspecified atom stereocenters. The lowest BCUT2D eigenvalue weighted by atomic mass is 9.97. The molecule has 0 amide bonds. The molecule has 0 radical (unpaired) electrons. The summed E-state index contributed by atoms with van der Waals surface area (Å²) in [7, 11) is 0. The third kappa shape index (κ3) is 8.38. The Morgan fingerprint density at radius 1 is 0.864 bits per heavy atom. The molecule has 0 spiro atoms. The highest BCUT2D eigenvalue weighted by molar-refractivity contribution is 4.93. The summed E-state index contributed by atoms with van der Waals surface area (Å²) >= 11 is 0. The molecule has 0 aromatic rings. The Morgan fingerprint density at radius 3 is 1.73 bits per heavy atom. The first-order valence-corrected chi connectivity index (χ1v) is 7.61. The van der Waals surface area contributed by atoms with Gasteiger partial charge < -0.3 is 35.8 Å². The van der Waals surface area contributed by atoms with Gasteiger partial charge in [0.25, 0.3) is 0 Å². The van der Waals surface area contributed by atoms with Crippen LogP contribution < -0.4 is 10.6 Å². The van der Waals surface area contributed by atoms with Gasteiger partial charge in [-0.3, -0.25) is 0 Å². The predicted octanol–water partition coefficient (Wildman–Crippen LogP) is -1.16. The van der Waals surface area contributed by atoms with Gasteiger partial charge in [-0.25, -0.2) is 0 Å². The van der Waals surface area contributed by atoms with Crippen molar-refractivity contribution in [2.75, 3.05) is 39.6 Å². The maximum atomic E-state index is 9.61. The normalized spacial score (nSPS) is 13.9. The molecule has 7 nitrogen and oxygen atoms in total. The van der Waals surface area contributed by atoms with E-state index in [1.165, 1.54) is 0 Å². The highest BCUT2D eigenvalue weighted by atomic mass is 16.5. The van der Waals surface area contributed by atoms with Crippen molar-refractivity contribution in [2.24, 2.45) is 0 Å². The Morgan fingerprint density at radius 2 is 1.36 bits per heavy atom. The lowest BCUT2D eigenvalue weighted by Gasteiger charge is -2.39. The summed E-state index contributed by atoms with van der Waals surface area (Å²) < 4.78 is 5.67. The van der Waals surface area contributed by atoms with Crippen LogP contribution in [0.2, 0.25) is 0 Å². The molecular weight excluding hydrogens is 288 g/mol. The Hall–Kier alpha value is -0.280. The third-order valence-electron chi connectivity index (χ3n) is 3.12. The van der Waals surface area contributed by atoms with Gasteiger partial charge in [-0.05, 0) is 34.6 Å². The van der Waals surface area contributed by atoms with Crippen molar-refractivity contribution in [3.63, 3.8) is 0 Å². The van der Waals surface area contributed by atoms with Gasteiger partial charge >= 0.3 is 0 Å². The van der Waals surface area contributed by atoms with Crippen molar-refractivity contribution in [1.82, 2.24) is 10.6 Å². The molecule has 0 bridgehead atoms. The molecule has 6 N–H and O–H groups in total. The molecule has 0 aliphatic carbocycles. The van der Waals surface area contributed by atoms with Crippen molar-refractivity contribution < 1.29 is 25.2 Å². The van der Waals surface area contributed by atoms with Crippen LogP contribution in [0.4, 0.5) is 0 Å². The van der Waals surface area contributed by atoms with E-state index in [1.807, 2.05) is 34.6 Å². The van der Waals surface area contributed by atoms with Crippen LogP contribution in [0.1, 0.15) is 34.6 Å². The van der Waals surface area contributed by atoms with Crippen molar-refractivity contribution in [2.45, 2.75) is 57.3 Å². The first-order chi connectivity index (χ1) is 10.0. The van der Waals surface area contributed by atoms with Crippen LogP contribution in [0.25, 0.3) is 0 Å². The van der Waals surface area contributed by atoms with Crippen LogP contribution in [-0.2, 0) is 4.74 Å². The monoisotopic (exact) mass is 322 g/mol. The van der Waals surface area contributed by atoms with Gasteiger partial charge in [-0.1, -0.05) is 0 Å². The molecule has 0 saturated heterocycles. The van der Waals surface area contributed by atoms with Gasteiger partial charge in [0.1, 0.15) is 0 Å². The van der Waals surface area contributed by atoms with Crippen LogP contribution in [0, 0.1) is 0 Å². The van der Waals surface area contributed by atoms with Gasteiger partial charge in [-0.15, -0.1) is 0 Å². The Balaban J connectivity index is 4.55. The van der Waals surface area contributed by atoms with E-state index >= 15 is 0 Å². The standard InChI is InChI=1S/C15H34N2O5/c1-13(2,3)17-15(8-20,9-21)11-22-10-14(4,5)16-12(6-18)7-19/h12,16-21H,6-11H2,1-5H3. The van der Waals surface area contributed by atoms with Crippen LogP contribution in [0.5, 0.6) is 0 Å². The Bertz CT molecular complexity index is 297. The predicted molar refractivity (Wildman–Crippen MR) is 85.8 cm³/mol. The average Bonchev–Trinajstić information content (AvgIpc) is 2.42. The fraction of sp³-hybridized carbons (Fsp3) is 1.00. The average molecular weight is 322 g/mol. The lowest BCUT2D eigenvalue weighted by Crippen LogP contribution is -2.62. The van der Waals surface area contributed by atoms with E-state index in [-0.39, 0.29) is 38.6 Å². The maximum Gasteiger partial charge on any atom is 0.0888 e. The molecule has 0 aromatic carbocycles. The topological polar surface area (TPSA) is 114 Å². The highest BCUT2D eigenvalue weighted by Gasteiger charge is 2.34. The second-order valence-corrected chi connectivity index (χ2v) is 7.55. The molecule has 22 heavy (non-hydrogen) atoms. The molecule has 0 saturated carbocycles. The molecule has 134 valence electrons. The van der Waals surface area contributed by atoms with E-state index in [9.17, 15) is 10.2 Å². The third-order valence-corrected chi connectivity index (χ3v) is 3.12. The summed E-state index contributed by atoms with van der Waals surface area (Å²) in [6.07, 6.45) is 0. The van der Waals surface area contributed by atoms with Crippen molar-refractivity contribution >= 4 is 0 Å². The molecule has 0 heterocycles. The molecule has 0 fully saturated rings. The first-order valence-electron chi connectivity index (χ1n) is 7.61. The number of aliphatic hydroxyl groups is 4. The number of hydrogen-bond donors (Lipinski definition) is 6. The molecular formula is C15H34N2O5. The van der Waals surface area contributed by atoms with Crippen molar-refractivity contribution in [1.29, 1.82) is 0 Å². The fourth-order valence-corrected chi connectivity index (χ4v) is 2.30. The summed E-state index contributed by atoms with van der Waals surface area (Å²) in [6.45, 7) is 9.26. The van der Waals surface area contributed by atoms with E-state index in [4.69, 9.17) is 14.9 Å². The van der Waals surface area contributed by atoms with Crippen molar-refractivity contribution in [3.05, 3.63) is 0 Å². The van der Waals surface area contributed by atoms with Crippen LogP contribution in [0.15, 0.2) is 0 Å². The second kappa shape index (κ2) is 9.12. The molecule has 0 rings (SSSR count). The van der Waals surface area contributed by atoms with Crippen LogP contribution in [0.3, 0.4) is 0 Å². The summed E-state index contributed by atoms with van der Waals surface area (Å²) in [5.41, 5.74) is -1.66. The van der Waals surface area contributed by atoms with E-state index in [0.717, 1.165) is 0 Å². The SMILES string of the molecule is CC(C)(C)NC(CO)(CO)COCC(C)(C)NC(CO)CO. The zero-order chi connectivity index (χ0) is 17.4. The number of aliphatic hydroxyl groups excluding tert-OH is 4. The van der Waals surface area contributed by atoms with Gasteiger partial charge in [0.2, 0.25) is 0 Å². The molecule has 0 aliphatic rings. The van der Waals surface area contributed by atoms with Crippen LogP contribution in [-0.4, -0.2) is 82.7 Å². The highest BCUT2D eigenvalue weighted by Crippen LogP contribution is 2.13. The smallest absolute Gasteiger partial charge is 0.0888 e. The Kier molecular flexibility index (Phi) is 9.01. The van der Waals surface area contributed by atoms with E-state index in [0.29, 0.717) is 6.61 Å². The van der Waals surface area contributed by atoms with Gasteiger partial charge in [0, 0.05) is 11.1 Å². The summed E-state index contributed by atoms with van der Waals surface area (Å²) in [5.74, 6) is 0. The minimum absolute atomic E-state index is 0.144. The van der Waals surface area contributed by atoms with Crippen molar-refractivity contribution in [3.8, 4) is 0 Å². The summed E-state index contributed by atoms with van der Waals surface area (Å²) in [6, 6.07) is -0.410. The van der Waals surface area contributed by atoms with Crippen LogP contribution >= 0.6 is 0 Å². The van der Waals surface area contributed by atoms with E-state index < -0.39 is 17.1 Å². The van der Waals surface area contributed by atoms with Gasteiger partial charge in [0.05, 0.1) is 51.2 Å². The van der Waals surface area contributed by atoms with E-state index in [2.05, 4.69) is 10.6 Å². The second-order valence-electron chi connectivity index (χ2n) is 7.55. The summed E-state index contributed by atoms with van der Waals surface area (Å²) in [5, 5.41) is 43.7. The van der Waals surface area contributed by atoms with Gasteiger partial charge in [0.15, 0.2) is 0 Å². The minimum atomic E-state index is -0.915. The number of nitrogens with one attached hydrogen (secondary N) is 2. The quantitative estimate of drug-likeness (QED) is 0.284. The Labute approximate surface area is 133 Å².